The van der Waals surface area contributed by atoms with Crippen LogP contribution in [0.2, 0.25) is 0 Å². The third kappa shape index (κ3) is 6.39. The molecule has 0 saturated heterocycles. The monoisotopic (exact) mass is 509 g/mol. The summed E-state index contributed by atoms with van der Waals surface area (Å²) in [5.74, 6) is 0.516. The topological polar surface area (TPSA) is 54.2 Å². The number of aliphatic imine (C=N–C) groups is 1. The summed E-state index contributed by atoms with van der Waals surface area (Å²) in [5.41, 5.74) is 2.11. The fourth-order valence-electron chi connectivity index (χ4n) is 2.08. The predicted octanol–water partition coefficient (Wildman–Crippen LogP) is 3.24. The summed E-state index contributed by atoms with van der Waals surface area (Å²) in [6, 6.07) is 7.02. The molecule has 0 unspecified atom stereocenters. The van der Waals surface area contributed by atoms with E-state index in [-0.39, 0.29) is 29.8 Å². The summed E-state index contributed by atoms with van der Waals surface area (Å²) < 4.78 is 15.5. The maximum atomic E-state index is 13.2. The van der Waals surface area contributed by atoms with Gasteiger partial charge in [0.05, 0.1) is 16.7 Å². The number of nitrogens with one attached hydrogen (secondary N) is 2. The highest BCUT2D eigenvalue weighted by Crippen LogP contribution is 2.16. The van der Waals surface area contributed by atoms with E-state index in [1.54, 1.807) is 18.3 Å². The molecule has 0 atom stereocenters. The Hall–Kier alpha value is -1.16. The molecule has 0 aliphatic carbocycles. The van der Waals surface area contributed by atoms with Crippen molar-refractivity contribution in [2.75, 3.05) is 13.1 Å². The summed E-state index contributed by atoms with van der Waals surface area (Å²) >= 11 is 3.21. The van der Waals surface area contributed by atoms with Crippen LogP contribution < -0.4 is 10.6 Å². The molecule has 2 N–H and O–H groups in total. The van der Waals surface area contributed by atoms with Crippen LogP contribution in [0.25, 0.3) is 0 Å². The van der Waals surface area contributed by atoms with Gasteiger partial charge in [-0.2, -0.15) is 5.10 Å². The van der Waals surface area contributed by atoms with Crippen molar-refractivity contribution in [1.82, 2.24) is 20.4 Å². The highest BCUT2D eigenvalue weighted by atomic mass is 127. The number of aromatic nitrogens is 2. The van der Waals surface area contributed by atoms with E-state index < -0.39 is 0 Å². The van der Waals surface area contributed by atoms with Crippen LogP contribution in [-0.2, 0) is 20.0 Å². The molecule has 5 nitrogen and oxygen atoms in total. The van der Waals surface area contributed by atoms with Gasteiger partial charge in [0.25, 0.3) is 0 Å². The highest BCUT2D eigenvalue weighted by Gasteiger charge is 2.03. The highest BCUT2D eigenvalue weighted by molar-refractivity contribution is 14.0. The van der Waals surface area contributed by atoms with Gasteiger partial charge in [-0.25, -0.2) is 9.38 Å². The number of guanidine groups is 1. The lowest BCUT2D eigenvalue weighted by Crippen LogP contribution is -2.38. The van der Waals surface area contributed by atoms with Crippen LogP contribution in [0, 0.1) is 5.82 Å². The molecule has 1 aromatic carbocycles. The van der Waals surface area contributed by atoms with Gasteiger partial charge in [0.2, 0.25) is 0 Å². The van der Waals surface area contributed by atoms with E-state index in [2.05, 4.69) is 36.7 Å². The van der Waals surface area contributed by atoms with Crippen LogP contribution in [0.15, 0.2) is 39.9 Å². The number of benzene rings is 1. The Morgan fingerprint density at radius 1 is 1.33 bits per heavy atom. The molecular formula is C16H22BrFIN5. The van der Waals surface area contributed by atoms with Crippen LogP contribution in [0.5, 0.6) is 0 Å². The van der Waals surface area contributed by atoms with Crippen LogP contribution in [0.1, 0.15) is 18.2 Å². The summed E-state index contributed by atoms with van der Waals surface area (Å²) in [4.78, 5) is 4.54. The Kier molecular flexibility index (Phi) is 9.27. The minimum absolute atomic E-state index is 0. The average molecular weight is 510 g/mol. The fourth-order valence-corrected chi connectivity index (χ4v) is 2.50. The standard InChI is InChI=1S/C16H21BrFN5.HI/c1-3-19-16(21-11-13-7-9-22-23(13)2)20-8-6-12-4-5-15(18)14(17)10-12;/h4-5,7,9-10H,3,6,8,11H2,1-2H3,(H2,19,20,21);1H. The molecule has 0 aliphatic rings. The van der Waals surface area contributed by atoms with Gasteiger partial charge in [-0.05, 0) is 53.0 Å². The van der Waals surface area contributed by atoms with E-state index in [0.29, 0.717) is 11.0 Å². The molecule has 132 valence electrons. The van der Waals surface area contributed by atoms with Crippen molar-refractivity contribution < 1.29 is 4.39 Å². The van der Waals surface area contributed by atoms with E-state index >= 15 is 0 Å². The summed E-state index contributed by atoms with van der Waals surface area (Å²) in [6.45, 7) is 4.10. The minimum Gasteiger partial charge on any atom is -0.357 e. The fraction of sp³-hybridized carbons (Fsp3) is 0.375. The second-order valence-electron chi connectivity index (χ2n) is 5.07. The minimum atomic E-state index is -0.243. The molecule has 8 heteroatoms. The molecule has 0 aliphatic heterocycles. The number of rotatable bonds is 6. The van der Waals surface area contributed by atoms with Gasteiger partial charge in [0.15, 0.2) is 5.96 Å². The molecule has 1 heterocycles. The van der Waals surface area contributed by atoms with E-state index in [0.717, 1.165) is 36.7 Å². The maximum Gasteiger partial charge on any atom is 0.191 e. The van der Waals surface area contributed by atoms with Gasteiger partial charge < -0.3 is 10.6 Å². The summed E-state index contributed by atoms with van der Waals surface area (Å²) in [5, 5.41) is 10.6. The van der Waals surface area contributed by atoms with Crippen molar-refractivity contribution in [1.29, 1.82) is 0 Å². The van der Waals surface area contributed by atoms with Crippen molar-refractivity contribution in [3.63, 3.8) is 0 Å². The average Bonchev–Trinajstić information content (AvgIpc) is 2.93. The van der Waals surface area contributed by atoms with Crippen molar-refractivity contribution >= 4 is 45.9 Å². The van der Waals surface area contributed by atoms with Crippen molar-refractivity contribution in [2.45, 2.75) is 19.9 Å². The first-order chi connectivity index (χ1) is 11.1. The third-order valence-corrected chi connectivity index (χ3v) is 3.96. The van der Waals surface area contributed by atoms with Gasteiger partial charge in [-0.1, -0.05) is 6.07 Å². The lowest BCUT2D eigenvalue weighted by Gasteiger charge is -2.11. The number of hydrogen-bond acceptors (Lipinski definition) is 2. The Balaban J connectivity index is 0.00000288. The van der Waals surface area contributed by atoms with E-state index in [9.17, 15) is 4.39 Å². The molecular weight excluding hydrogens is 488 g/mol. The zero-order chi connectivity index (χ0) is 16.7. The quantitative estimate of drug-likeness (QED) is 0.357. The Bertz CT molecular complexity index is 674. The molecule has 0 saturated carbocycles. The predicted molar refractivity (Wildman–Crippen MR) is 109 cm³/mol. The summed E-state index contributed by atoms with van der Waals surface area (Å²) in [6.07, 6.45) is 2.55. The van der Waals surface area contributed by atoms with Gasteiger partial charge in [-0.15, -0.1) is 24.0 Å². The lowest BCUT2D eigenvalue weighted by molar-refractivity contribution is 0.620. The summed E-state index contributed by atoms with van der Waals surface area (Å²) in [7, 11) is 1.90. The van der Waals surface area contributed by atoms with E-state index in [1.807, 2.05) is 24.7 Å². The van der Waals surface area contributed by atoms with Crippen LogP contribution in [0.3, 0.4) is 0 Å². The zero-order valence-electron chi connectivity index (χ0n) is 13.7. The Morgan fingerprint density at radius 3 is 2.75 bits per heavy atom. The van der Waals surface area contributed by atoms with Gasteiger partial charge in [-0.3, -0.25) is 4.68 Å². The molecule has 0 fully saturated rings. The first-order valence-corrected chi connectivity index (χ1v) is 8.32. The Morgan fingerprint density at radius 2 is 2.12 bits per heavy atom. The molecule has 24 heavy (non-hydrogen) atoms. The number of aryl methyl sites for hydroxylation is 1. The second kappa shape index (κ2) is 10.7. The largest absolute Gasteiger partial charge is 0.357 e. The zero-order valence-corrected chi connectivity index (χ0v) is 17.6. The first kappa shape index (κ1) is 20.9. The number of hydrogen-bond donors (Lipinski definition) is 2. The van der Waals surface area contributed by atoms with Crippen molar-refractivity contribution in [2.24, 2.45) is 12.0 Å². The van der Waals surface area contributed by atoms with Crippen LogP contribution in [0.4, 0.5) is 4.39 Å². The molecule has 2 rings (SSSR count). The van der Waals surface area contributed by atoms with Crippen molar-refractivity contribution in [3.05, 3.63) is 52.0 Å². The number of halogens is 3. The molecule has 0 radical (unpaired) electrons. The van der Waals surface area contributed by atoms with Gasteiger partial charge >= 0.3 is 0 Å². The molecule has 0 bridgehead atoms. The molecule has 0 spiro atoms. The second-order valence-corrected chi connectivity index (χ2v) is 5.92. The Labute approximate surface area is 167 Å². The first-order valence-electron chi connectivity index (χ1n) is 7.53. The van der Waals surface area contributed by atoms with Gasteiger partial charge in [0.1, 0.15) is 5.82 Å². The number of nitrogens with zero attached hydrogens (tertiary/aromatic N) is 3. The van der Waals surface area contributed by atoms with E-state index in [1.165, 1.54) is 6.07 Å². The molecule has 2 aromatic rings. The van der Waals surface area contributed by atoms with Crippen molar-refractivity contribution in [3.8, 4) is 0 Å². The van der Waals surface area contributed by atoms with Gasteiger partial charge in [0, 0.05) is 26.3 Å². The normalized spacial score (nSPS) is 11.1. The molecule has 0 amide bonds. The smallest absolute Gasteiger partial charge is 0.191 e. The molecule has 1 aromatic heterocycles. The third-order valence-electron chi connectivity index (χ3n) is 3.36. The lowest BCUT2D eigenvalue weighted by atomic mass is 10.1. The van der Waals surface area contributed by atoms with E-state index in [4.69, 9.17) is 0 Å². The SMILES string of the molecule is CCNC(=NCc1ccnn1C)NCCc1ccc(F)c(Br)c1.I. The maximum absolute atomic E-state index is 13.2. The van der Waals surface area contributed by atoms with Crippen LogP contribution >= 0.6 is 39.9 Å². The van der Waals surface area contributed by atoms with Crippen LogP contribution in [-0.4, -0.2) is 28.8 Å².